The molecule has 0 unspecified atom stereocenters. The van der Waals surface area contributed by atoms with E-state index in [4.69, 9.17) is 0 Å². The van der Waals surface area contributed by atoms with Gasteiger partial charge in [0.05, 0.1) is 10.9 Å². The Bertz CT molecular complexity index is 583. The zero-order valence-electron chi connectivity index (χ0n) is 11.0. The highest BCUT2D eigenvalue weighted by molar-refractivity contribution is 8.00. The lowest BCUT2D eigenvalue weighted by atomic mass is 10.2. The van der Waals surface area contributed by atoms with Crippen molar-refractivity contribution < 1.29 is 4.79 Å². The van der Waals surface area contributed by atoms with Crippen molar-refractivity contribution in [3.05, 3.63) is 29.8 Å². The number of tetrazole rings is 1. The number of nitrogens with zero attached hydrogens (tertiary/aromatic N) is 4. The van der Waals surface area contributed by atoms with Crippen LogP contribution in [0.4, 0.5) is 0 Å². The van der Waals surface area contributed by atoms with Crippen LogP contribution in [0.1, 0.15) is 12.5 Å². The van der Waals surface area contributed by atoms with Gasteiger partial charge in [-0.25, -0.2) is 0 Å². The molecule has 2 rings (SSSR count). The number of thioether (sulfide) groups is 1. The van der Waals surface area contributed by atoms with Crippen molar-refractivity contribution in [2.75, 3.05) is 7.05 Å². The second-order valence-electron chi connectivity index (χ2n) is 4.03. The summed E-state index contributed by atoms with van der Waals surface area (Å²) in [4.78, 5) is 11.5. The summed E-state index contributed by atoms with van der Waals surface area (Å²) in [6.45, 7) is 3.81. The van der Waals surface area contributed by atoms with Crippen LogP contribution in [0.3, 0.4) is 0 Å². The van der Waals surface area contributed by atoms with Crippen molar-refractivity contribution in [3.8, 4) is 5.69 Å². The number of carbonyl (C=O) groups excluding carboxylic acids is 1. The number of benzene rings is 1. The normalized spacial score (nSPS) is 12.2. The molecule has 100 valence electrons. The summed E-state index contributed by atoms with van der Waals surface area (Å²) in [6, 6.07) is 7.83. The van der Waals surface area contributed by atoms with Crippen molar-refractivity contribution in [1.29, 1.82) is 0 Å². The molecule has 0 aliphatic carbocycles. The smallest absolute Gasteiger partial charge is 0.233 e. The summed E-state index contributed by atoms with van der Waals surface area (Å²) < 4.78 is 1.65. The maximum absolute atomic E-state index is 11.5. The van der Waals surface area contributed by atoms with Crippen molar-refractivity contribution in [3.63, 3.8) is 0 Å². The molecule has 0 bridgehead atoms. The minimum absolute atomic E-state index is 0.0515. The Kier molecular flexibility index (Phi) is 4.16. The molecule has 1 heterocycles. The molecule has 1 amide bonds. The second-order valence-corrected chi connectivity index (χ2v) is 5.34. The number of amides is 1. The largest absolute Gasteiger partial charge is 0.358 e. The molecule has 0 spiro atoms. The van der Waals surface area contributed by atoms with E-state index >= 15 is 0 Å². The standard InChI is InChI=1S/C12H15N5OS/c1-8-6-4-5-7-10(8)17-12(14-15-16-17)19-9(2)11(18)13-3/h4-7,9H,1-3H3,(H,13,18)/t9-/m0/s1. The van der Waals surface area contributed by atoms with E-state index in [-0.39, 0.29) is 11.2 Å². The van der Waals surface area contributed by atoms with Crippen LogP contribution >= 0.6 is 11.8 Å². The average Bonchev–Trinajstić information content (AvgIpc) is 2.86. The number of rotatable bonds is 4. The molecule has 1 N–H and O–H groups in total. The first-order valence-corrected chi connectivity index (χ1v) is 6.74. The van der Waals surface area contributed by atoms with E-state index < -0.39 is 0 Å². The maximum Gasteiger partial charge on any atom is 0.233 e. The monoisotopic (exact) mass is 277 g/mol. The molecular weight excluding hydrogens is 262 g/mol. The van der Waals surface area contributed by atoms with Gasteiger partial charge in [-0.05, 0) is 35.9 Å². The van der Waals surface area contributed by atoms with Gasteiger partial charge in [0.25, 0.3) is 0 Å². The first-order chi connectivity index (χ1) is 9.13. The highest BCUT2D eigenvalue weighted by atomic mass is 32.2. The third kappa shape index (κ3) is 2.93. The van der Waals surface area contributed by atoms with Gasteiger partial charge in [0.1, 0.15) is 0 Å². The van der Waals surface area contributed by atoms with E-state index in [0.717, 1.165) is 11.3 Å². The van der Waals surface area contributed by atoms with E-state index in [9.17, 15) is 4.79 Å². The van der Waals surface area contributed by atoms with Crippen LogP contribution in [-0.4, -0.2) is 38.4 Å². The first kappa shape index (κ1) is 13.5. The predicted molar refractivity (Wildman–Crippen MR) is 73.3 cm³/mol. The Morgan fingerprint density at radius 3 is 2.84 bits per heavy atom. The van der Waals surface area contributed by atoms with Crippen LogP contribution in [0.15, 0.2) is 29.4 Å². The Hall–Kier alpha value is -1.89. The minimum atomic E-state index is -0.251. The van der Waals surface area contributed by atoms with Crippen LogP contribution < -0.4 is 5.32 Å². The molecule has 6 nitrogen and oxygen atoms in total. The quantitative estimate of drug-likeness (QED) is 0.850. The van der Waals surface area contributed by atoms with Gasteiger partial charge in [0, 0.05) is 7.05 Å². The van der Waals surface area contributed by atoms with Crippen molar-refractivity contribution in [1.82, 2.24) is 25.5 Å². The molecule has 2 aromatic rings. The third-order valence-corrected chi connectivity index (χ3v) is 3.72. The highest BCUT2D eigenvalue weighted by Crippen LogP contribution is 2.23. The van der Waals surface area contributed by atoms with Gasteiger partial charge < -0.3 is 5.32 Å². The lowest BCUT2D eigenvalue weighted by Gasteiger charge is -2.10. The lowest BCUT2D eigenvalue weighted by molar-refractivity contribution is -0.119. The predicted octanol–water partition coefficient (Wildman–Crippen LogP) is 1.20. The molecule has 0 radical (unpaired) electrons. The van der Waals surface area contributed by atoms with Crippen LogP contribution in [-0.2, 0) is 4.79 Å². The number of para-hydroxylation sites is 1. The molecule has 0 saturated heterocycles. The summed E-state index contributed by atoms with van der Waals surface area (Å²) in [5.41, 5.74) is 1.99. The zero-order chi connectivity index (χ0) is 13.8. The number of carbonyl (C=O) groups is 1. The Labute approximate surface area is 115 Å². The number of aromatic nitrogens is 4. The van der Waals surface area contributed by atoms with Crippen molar-refractivity contribution in [2.24, 2.45) is 0 Å². The van der Waals surface area contributed by atoms with Gasteiger partial charge in [0.2, 0.25) is 11.1 Å². The van der Waals surface area contributed by atoms with Gasteiger partial charge >= 0.3 is 0 Å². The van der Waals surface area contributed by atoms with Gasteiger partial charge in [-0.2, -0.15) is 4.68 Å². The van der Waals surface area contributed by atoms with E-state index in [0.29, 0.717) is 5.16 Å². The van der Waals surface area contributed by atoms with E-state index in [1.54, 1.807) is 11.7 Å². The molecule has 0 aliphatic heterocycles. The topological polar surface area (TPSA) is 72.7 Å². The Balaban J connectivity index is 2.28. The van der Waals surface area contributed by atoms with Crippen LogP contribution in [0, 0.1) is 6.92 Å². The lowest BCUT2D eigenvalue weighted by Crippen LogP contribution is -2.27. The van der Waals surface area contributed by atoms with Gasteiger partial charge in [-0.15, -0.1) is 5.10 Å². The first-order valence-electron chi connectivity index (χ1n) is 5.86. The summed E-state index contributed by atoms with van der Waals surface area (Å²) in [5.74, 6) is -0.0515. The number of nitrogens with one attached hydrogen (secondary N) is 1. The summed E-state index contributed by atoms with van der Waals surface area (Å²) in [7, 11) is 1.61. The van der Waals surface area contributed by atoms with E-state index in [1.807, 2.05) is 38.1 Å². The number of hydrogen-bond acceptors (Lipinski definition) is 5. The SMILES string of the molecule is CNC(=O)[C@H](C)Sc1nnnn1-c1ccccc1C. The second kappa shape index (κ2) is 5.83. The van der Waals surface area contributed by atoms with Gasteiger partial charge in [0.15, 0.2) is 0 Å². The highest BCUT2D eigenvalue weighted by Gasteiger charge is 2.18. The van der Waals surface area contributed by atoms with Crippen molar-refractivity contribution in [2.45, 2.75) is 24.3 Å². The minimum Gasteiger partial charge on any atom is -0.358 e. The molecule has 0 aliphatic rings. The van der Waals surface area contributed by atoms with Gasteiger partial charge in [-0.3, -0.25) is 4.79 Å². The Morgan fingerprint density at radius 1 is 1.42 bits per heavy atom. The van der Waals surface area contributed by atoms with Crippen LogP contribution in [0.2, 0.25) is 0 Å². The summed E-state index contributed by atoms with van der Waals surface area (Å²) in [6.07, 6.45) is 0. The molecule has 1 atom stereocenters. The average molecular weight is 277 g/mol. The summed E-state index contributed by atoms with van der Waals surface area (Å²) >= 11 is 1.33. The Morgan fingerprint density at radius 2 is 2.16 bits per heavy atom. The maximum atomic E-state index is 11.5. The van der Waals surface area contributed by atoms with E-state index in [2.05, 4.69) is 20.8 Å². The van der Waals surface area contributed by atoms with Crippen LogP contribution in [0.5, 0.6) is 0 Å². The fourth-order valence-corrected chi connectivity index (χ4v) is 2.48. The molecule has 1 aromatic heterocycles. The fraction of sp³-hybridized carbons (Fsp3) is 0.333. The molecule has 1 aromatic carbocycles. The fourth-order valence-electron chi connectivity index (χ4n) is 1.62. The van der Waals surface area contributed by atoms with E-state index in [1.165, 1.54) is 11.8 Å². The van der Waals surface area contributed by atoms with Crippen molar-refractivity contribution >= 4 is 17.7 Å². The van der Waals surface area contributed by atoms with Gasteiger partial charge in [-0.1, -0.05) is 30.0 Å². The number of aryl methyl sites for hydroxylation is 1. The third-order valence-electron chi connectivity index (χ3n) is 2.68. The summed E-state index contributed by atoms with van der Waals surface area (Å²) in [5, 5.41) is 14.6. The molecule has 0 fully saturated rings. The molecule has 19 heavy (non-hydrogen) atoms. The number of hydrogen-bond donors (Lipinski definition) is 1. The van der Waals surface area contributed by atoms with Crippen LogP contribution in [0.25, 0.3) is 5.69 Å². The molecule has 7 heteroatoms. The molecule has 0 saturated carbocycles. The molecular formula is C12H15N5OS. The zero-order valence-corrected chi connectivity index (χ0v) is 11.8.